The Morgan fingerprint density at radius 1 is 1.16 bits per heavy atom. The Labute approximate surface area is 147 Å². The van der Waals surface area contributed by atoms with E-state index in [1.807, 2.05) is 18.3 Å². The van der Waals surface area contributed by atoms with Crippen molar-refractivity contribution in [1.82, 2.24) is 14.9 Å². The Morgan fingerprint density at radius 2 is 2.04 bits per heavy atom. The second-order valence-corrected chi connectivity index (χ2v) is 6.66. The van der Waals surface area contributed by atoms with E-state index in [-0.39, 0.29) is 11.9 Å². The highest BCUT2D eigenvalue weighted by molar-refractivity contribution is 5.38. The van der Waals surface area contributed by atoms with Crippen LogP contribution in [0.5, 0.6) is 0 Å². The molecule has 6 heteroatoms. The first-order valence-corrected chi connectivity index (χ1v) is 8.94. The molecule has 0 spiro atoms. The average molecular weight is 342 g/mol. The lowest BCUT2D eigenvalue weighted by molar-refractivity contribution is -0.0159. The van der Waals surface area contributed by atoms with Gasteiger partial charge in [0, 0.05) is 32.4 Å². The second kappa shape index (κ2) is 7.45. The van der Waals surface area contributed by atoms with Crippen molar-refractivity contribution < 1.29 is 9.13 Å². The normalized spacial score (nSPS) is 21.6. The second-order valence-electron chi connectivity index (χ2n) is 6.66. The van der Waals surface area contributed by atoms with Crippen LogP contribution < -0.4 is 4.90 Å². The van der Waals surface area contributed by atoms with Crippen molar-refractivity contribution in [3.8, 4) is 0 Å². The lowest BCUT2D eigenvalue weighted by atomic mass is 10.1. The van der Waals surface area contributed by atoms with Gasteiger partial charge in [-0.05, 0) is 36.6 Å². The summed E-state index contributed by atoms with van der Waals surface area (Å²) in [6.45, 7) is 4.83. The van der Waals surface area contributed by atoms with Gasteiger partial charge in [0.15, 0.2) is 0 Å². The Kier molecular flexibility index (Phi) is 4.90. The van der Waals surface area contributed by atoms with E-state index in [2.05, 4.69) is 14.8 Å². The molecule has 5 nitrogen and oxygen atoms in total. The molecule has 1 aromatic heterocycles. The van der Waals surface area contributed by atoms with E-state index in [4.69, 9.17) is 9.72 Å². The third kappa shape index (κ3) is 3.80. The number of morpholine rings is 1. The maximum Gasteiger partial charge on any atom is 0.150 e. The number of hydrogen-bond acceptors (Lipinski definition) is 5. The summed E-state index contributed by atoms with van der Waals surface area (Å²) in [6.07, 6.45) is 4.28. The number of anilines is 1. The lowest BCUT2D eigenvalue weighted by Gasteiger charge is -2.34. The van der Waals surface area contributed by atoms with Crippen LogP contribution in [0.3, 0.4) is 0 Å². The highest BCUT2D eigenvalue weighted by atomic mass is 19.1. The van der Waals surface area contributed by atoms with Crippen LogP contribution in [0.15, 0.2) is 36.5 Å². The molecule has 1 aromatic carbocycles. The number of hydrogen-bond donors (Lipinski definition) is 0. The quantitative estimate of drug-likeness (QED) is 0.855. The van der Waals surface area contributed by atoms with E-state index in [9.17, 15) is 4.39 Å². The van der Waals surface area contributed by atoms with Crippen LogP contribution in [0.1, 0.15) is 30.3 Å². The largest absolute Gasteiger partial charge is 0.378 e. The van der Waals surface area contributed by atoms with Gasteiger partial charge in [-0.25, -0.2) is 14.4 Å². The molecule has 0 unspecified atom stereocenters. The van der Waals surface area contributed by atoms with E-state index in [0.29, 0.717) is 19.8 Å². The minimum Gasteiger partial charge on any atom is -0.378 e. The number of aromatic nitrogens is 2. The number of ether oxygens (including phenoxy) is 1. The van der Waals surface area contributed by atoms with E-state index in [0.717, 1.165) is 36.8 Å². The summed E-state index contributed by atoms with van der Waals surface area (Å²) < 4.78 is 19.2. The highest BCUT2D eigenvalue weighted by Crippen LogP contribution is 2.26. The zero-order valence-corrected chi connectivity index (χ0v) is 14.3. The first kappa shape index (κ1) is 16.4. The number of halogens is 1. The Hall–Kier alpha value is -2.05. The van der Waals surface area contributed by atoms with Crippen LogP contribution in [0.4, 0.5) is 10.2 Å². The molecule has 0 bridgehead atoms. The topological polar surface area (TPSA) is 41.5 Å². The average Bonchev–Trinajstić information content (AvgIpc) is 3.17. The summed E-state index contributed by atoms with van der Waals surface area (Å²) in [5.41, 5.74) is 0.961. The molecule has 0 saturated carbocycles. The van der Waals surface area contributed by atoms with Crippen molar-refractivity contribution in [3.63, 3.8) is 0 Å². The van der Waals surface area contributed by atoms with Crippen molar-refractivity contribution in [2.45, 2.75) is 25.4 Å². The van der Waals surface area contributed by atoms with Crippen LogP contribution in [-0.2, 0) is 11.3 Å². The van der Waals surface area contributed by atoms with Crippen molar-refractivity contribution in [2.24, 2.45) is 0 Å². The van der Waals surface area contributed by atoms with Gasteiger partial charge in [0.2, 0.25) is 0 Å². The van der Waals surface area contributed by atoms with Gasteiger partial charge in [-0.2, -0.15) is 0 Å². The fourth-order valence-corrected chi connectivity index (χ4v) is 3.58. The van der Waals surface area contributed by atoms with E-state index < -0.39 is 0 Å². The van der Waals surface area contributed by atoms with Crippen LogP contribution in [-0.4, -0.2) is 47.7 Å². The van der Waals surface area contributed by atoms with Crippen LogP contribution in [0.25, 0.3) is 0 Å². The molecule has 0 N–H and O–H groups in total. The molecule has 132 valence electrons. The summed E-state index contributed by atoms with van der Waals surface area (Å²) in [6, 6.07) is 8.76. The summed E-state index contributed by atoms with van der Waals surface area (Å²) in [7, 11) is 0. The van der Waals surface area contributed by atoms with E-state index in [1.165, 1.54) is 18.9 Å². The SMILES string of the molecule is Fc1cccc(CN2CCOC[C@H]2c2nccc(N3CCCC3)n2)c1. The van der Waals surface area contributed by atoms with Gasteiger partial charge in [-0.15, -0.1) is 0 Å². The first-order chi connectivity index (χ1) is 12.3. The summed E-state index contributed by atoms with van der Waals surface area (Å²) in [5.74, 6) is 1.59. The monoisotopic (exact) mass is 342 g/mol. The Balaban J connectivity index is 1.55. The van der Waals surface area contributed by atoms with Crippen molar-refractivity contribution in [2.75, 3.05) is 37.7 Å². The first-order valence-electron chi connectivity index (χ1n) is 8.94. The minimum absolute atomic E-state index is 0.000398. The maximum absolute atomic E-state index is 13.5. The van der Waals surface area contributed by atoms with Crippen LogP contribution in [0.2, 0.25) is 0 Å². The lowest BCUT2D eigenvalue weighted by Crippen LogP contribution is -2.40. The molecule has 2 aliphatic heterocycles. The highest BCUT2D eigenvalue weighted by Gasteiger charge is 2.28. The summed E-state index contributed by atoms with van der Waals surface area (Å²) in [5, 5.41) is 0. The van der Waals surface area contributed by atoms with Crippen molar-refractivity contribution in [3.05, 3.63) is 53.7 Å². The molecule has 1 atom stereocenters. The molecule has 2 aromatic rings. The molecular formula is C19H23FN4O. The third-order valence-corrected chi connectivity index (χ3v) is 4.90. The molecule has 25 heavy (non-hydrogen) atoms. The maximum atomic E-state index is 13.5. The summed E-state index contributed by atoms with van der Waals surface area (Å²) >= 11 is 0. The molecule has 3 heterocycles. The van der Waals surface area contributed by atoms with Gasteiger partial charge in [-0.1, -0.05) is 12.1 Å². The van der Waals surface area contributed by atoms with E-state index in [1.54, 1.807) is 12.1 Å². The predicted molar refractivity (Wildman–Crippen MR) is 93.8 cm³/mol. The summed E-state index contributed by atoms with van der Waals surface area (Å²) in [4.78, 5) is 13.9. The van der Waals surface area contributed by atoms with Crippen molar-refractivity contribution in [1.29, 1.82) is 0 Å². The standard InChI is InChI=1S/C19H23FN4O/c20-16-5-3-4-15(12-16)13-24-10-11-25-14-17(24)19-21-7-6-18(22-19)23-8-1-2-9-23/h3-7,12,17H,1-2,8-11,13-14H2/t17-/m0/s1. The third-order valence-electron chi connectivity index (χ3n) is 4.90. The zero-order chi connectivity index (χ0) is 17.1. The minimum atomic E-state index is -0.199. The molecule has 2 fully saturated rings. The fourth-order valence-electron chi connectivity index (χ4n) is 3.58. The number of benzene rings is 1. The number of rotatable bonds is 4. The molecule has 2 saturated heterocycles. The predicted octanol–water partition coefficient (Wildman–Crippen LogP) is 2.79. The number of nitrogens with zero attached hydrogens (tertiary/aromatic N) is 4. The van der Waals surface area contributed by atoms with Gasteiger partial charge in [0.1, 0.15) is 17.5 Å². The molecule has 2 aliphatic rings. The fraction of sp³-hybridized carbons (Fsp3) is 0.474. The van der Waals surface area contributed by atoms with Gasteiger partial charge < -0.3 is 9.64 Å². The molecule has 0 radical (unpaired) electrons. The van der Waals surface area contributed by atoms with Crippen LogP contribution in [0, 0.1) is 5.82 Å². The van der Waals surface area contributed by atoms with Gasteiger partial charge in [0.05, 0.1) is 19.3 Å². The Bertz CT molecular complexity index is 720. The smallest absolute Gasteiger partial charge is 0.150 e. The van der Waals surface area contributed by atoms with Crippen LogP contribution >= 0.6 is 0 Å². The van der Waals surface area contributed by atoms with Gasteiger partial charge in [-0.3, -0.25) is 4.90 Å². The van der Waals surface area contributed by atoms with Crippen molar-refractivity contribution >= 4 is 5.82 Å². The van der Waals surface area contributed by atoms with E-state index >= 15 is 0 Å². The zero-order valence-electron chi connectivity index (χ0n) is 14.3. The molecule has 0 amide bonds. The van der Waals surface area contributed by atoms with Gasteiger partial charge in [0.25, 0.3) is 0 Å². The molecule has 0 aliphatic carbocycles. The molecule has 4 rings (SSSR count). The Morgan fingerprint density at radius 3 is 2.88 bits per heavy atom. The van der Waals surface area contributed by atoms with Gasteiger partial charge >= 0.3 is 0 Å². The molecular weight excluding hydrogens is 319 g/mol.